The van der Waals surface area contributed by atoms with E-state index < -0.39 is 0 Å². The van der Waals surface area contributed by atoms with E-state index in [1.165, 1.54) is 0 Å². The Morgan fingerprint density at radius 1 is 1.14 bits per heavy atom. The lowest BCUT2D eigenvalue weighted by atomic mass is 10.1. The van der Waals surface area contributed by atoms with Gasteiger partial charge in [-0.25, -0.2) is 4.98 Å². The number of hydrogen-bond donors (Lipinski definition) is 2. The first-order valence-corrected chi connectivity index (χ1v) is 12.1. The van der Waals surface area contributed by atoms with Crippen LogP contribution in [0.15, 0.2) is 42.7 Å². The van der Waals surface area contributed by atoms with Gasteiger partial charge in [0, 0.05) is 56.9 Å². The summed E-state index contributed by atoms with van der Waals surface area (Å²) in [6, 6.07) is 10.3. The fourth-order valence-electron chi connectivity index (χ4n) is 4.50. The maximum absolute atomic E-state index is 11.7. The first kappa shape index (κ1) is 22.9. The number of hydrogen-bond acceptors (Lipinski definition) is 7. The van der Waals surface area contributed by atoms with Crippen LogP contribution in [-0.2, 0) is 11.3 Å². The van der Waals surface area contributed by atoms with E-state index in [1.807, 2.05) is 40.1 Å². The van der Waals surface area contributed by atoms with Crippen molar-refractivity contribution >= 4 is 39.3 Å². The number of aromatic nitrogens is 4. The highest BCUT2D eigenvalue weighted by Crippen LogP contribution is 2.35. The number of nitrogens with one attached hydrogen (secondary N) is 1. The number of piperazine rings is 1. The number of rotatable bonds is 6. The minimum atomic E-state index is 0.0783. The standard InChI is InChI=1S/C26H31N7O2/c1-4-17(2)33-16-22-23(25(33)35)29-26(32-11-9-31(10-12-32)18(3)34)30-24(22)28-15-21-13-19-7-5-6-8-20(19)14-27-21/h5-8,13-14,16-17,35H,4,9-12,15H2,1-3H3,(H,28,29,30). The molecule has 1 amide bonds. The van der Waals surface area contributed by atoms with Gasteiger partial charge in [-0.1, -0.05) is 31.2 Å². The van der Waals surface area contributed by atoms with E-state index in [0.29, 0.717) is 50.0 Å². The molecule has 1 fully saturated rings. The second kappa shape index (κ2) is 9.40. The molecule has 0 saturated carbocycles. The van der Waals surface area contributed by atoms with E-state index >= 15 is 0 Å². The van der Waals surface area contributed by atoms with E-state index in [2.05, 4.69) is 41.2 Å². The topological polar surface area (TPSA) is 99.4 Å². The second-order valence-electron chi connectivity index (χ2n) is 9.12. The van der Waals surface area contributed by atoms with Gasteiger partial charge in [-0.15, -0.1) is 0 Å². The molecule has 0 radical (unpaired) electrons. The van der Waals surface area contributed by atoms with Crippen molar-refractivity contribution < 1.29 is 9.90 Å². The van der Waals surface area contributed by atoms with Crippen LogP contribution in [0, 0.1) is 0 Å². The molecule has 5 rings (SSSR count). The molecule has 0 spiro atoms. The van der Waals surface area contributed by atoms with E-state index in [1.54, 1.807) is 6.92 Å². The highest BCUT2D eigenvalue weighted by atomic mass is 16.3. The maximum Gasteiger partial charge on any atom is 0.228 e. The van der Waals surface area contributed by atoms with Crippen molar-refractivity contribution in [2.45, 2.75) is 39.8 Å². The zero-order valence-electron chi connectivity index (χ0n) is 20.4. The number of amides is 1. The summed E-state index contributed by atoms with van der Waals surface area (Å²) >= 11 is 0. The fourth-order valence-corrected chi connectivity index (χ4v) is 4.50. The van der Waals surface area contributed by atoms with Crippen LogP contribution in [0.4, 0.5) is 11.8 Å². The molecule has 1 aromatic carbocycles. The number of pyridine rings is 1. The quantitative estimate of drug-likeness (QED) is 0.438. The summed E-state index contributed by atoms with van der Waals surface area (Å²) in [5.74, 6) is 1.43. The normalized spacial score (nSPS) is 15.1. The third kappa shape index (κ3) is 4.45. The van der Waals surface area contributed by atoms with Crippen molar-refractivity contribution in [3.8, 4) is 5.88 Å². The van der Waals surface area contributed by atoms with Gasteiger partial charge in [-0.3, -0.25) is 9.78 Å². The molecule has 0 bridgehead atoms. The van der Waals surface area contributed by atoms with Gasteiger partial charge < -0.3 is 24.8 Å². The Morgan fingerprint density at radius 2 is 1.89 bits per heavy atom. The predicted octanol–water partition coefficient (Wildman–Crippen LogP) is 3.94. The molecule has 2 N–H and O–H groups in total. The van der Waals surface area contributed by atoms with Crippen molar-refractivity contribution in [3.05, 3.63) is 48.4 Å². The number of anilines is 2. The first-order chi connectivity index (χ1) is 16.9. The van der Waals surface area contributed by atoms with Crippen molar-refractivity contribution in [2.75, 3.05) is 36.4 Å². The molecule has 1 aliphatic rings. The average molecular weight is 474 g/mol. The molecule has 1 saturated heterocycles. The van der Waals surface area contributed by atoms with Crippen molar-refractivity contribution in [3.63, 3.8) is 0 Å². The molecular weight excluding hydrogens is 442 g/mol. The summed E-state index contributed by atoms with van der Waals surface area (Å²) < 4.78 is 1.86. The van der Waals surface area contributed by atoms with Crippen LogP contribution in [0.2, 0.25) is 0 Å². The van der Waals surface area contributed by atoms with E-state index in [9.17, 15) is 9.90 Å². The Kier molecular flexibility index (Phi) is 6.15. The summed E-state index contributed by atoms with van der Waals surface area (Å²) in [5, 5.41) is 17.5. The molecule has 0 aliphatic carbocycles. The summed E-state index contributed by atoms with van der Waals surface area (Å²) in [6.45, 7) is 8.78. The number of fused-ring (bicyclic) bond motifs is 2. The molecule has 3 aromatic heterocycles. The third-order valence-electron chi connectivity index (χ3n) is 6.86. The number of carbonyl (C=O) groups excluding carboxylic acids is 1. The Balaban J connectivity index is 1.49. The predicted molar refractivity (Wildman–Crippen MR) is 138 cm³/mol. The van der Waals surface area contributed by atoms with E-state index in [-0.39, 0.29) is 17.8 Å². The van der Waals surface area contributed by atoms with Crippen molar-refractivity contribution in [2.24, 2.45) is 0 Å². The Bertz CT molecular complexity index is 1380. The van der Waals surface area contributed by atoms with E-state index in [4.69, 9.17) is 9.97 Å². The number of aromatic hydroxyl groups is 1. The smallest absolute Gasteiger partial charge is 0.228 e. The molecule has 1 aliphatic heterocycles. The SMILES string of the molecule is CCC(C)n1cc2c(NCc3cc4ccccc4cn3)nc(N3CCN(C(C)=O)CC3)nc2c1O. The van der Waals surface area contributed by atoms with Crippen LogP contribution in [0.3, 0.4) is 0 Å². The van der Waals surface area contributed by atoms with Gasteiger partial charge in [-0.2, -0.15) is 4.98 Å². The summed E-state index contributed by atoms with van der Waals surface area (Å²) in [4.78, 5) is 29.8. The number of carbonyl (C=O) groups is 1. The fraction of sp³-hybridized carbons (Fsp3) is 0.385. The van der Waals surface area contributed by atoms with Gasteiger partial charge in [0.15, 0.2) is 0 Å². The second-order valence-corrected chi connectivity index (χ2v) is 9.12. The molecule has 182 valence electrons. The lowest BCUT2D eigenvalue weighted by Crippen LogP contribution is -2.48. The lowest BCUT2D eigenvalue weighted by Gasteiger charge is -2.34. The first-order valence-electron chi connectivity index (χ1n) is 12.1. The van der Waals surface area contributed by atoms with Gasteiger partial charge >= 0.3 is 0 Å². The highest BCUT2D eigenvalue weighted by molar-refractivity contribution is 5.94. The molecule has 4 heterocycles. The highest BCUT2D eigenvalue weighted by Gasteiger charge is 2.24. The van der Waals surface area contributed by atoms with E-state index in [0.717, 1.165) is 28.3 Å². The minimum absolute atomic E-state index is 0.0783. The molecule has 4 aromatic rings. The molecular formula is C26H31N7O2. The molecule has 9 nitrogen and oxygen atoms in total. The van der Waals surface area contributed by atoms with Gasteiger partial charge in [0.05, 0.1) is 17.6 Å². The Hall–Kier alpha value is -3.88. The van der Waals surface area contributed by atoms with Crippen LogP contribution in [0.1, 0.15) is 38.9 Å². The number of nitrogens with zero attached hydrogens (tertiary/aromatic N) is 6. The lowest BCUT2D eigenvalue weighted by molar-refractivity contribution is -0.129. The van der Waals surface area contributed by atoms with Crippen LogP contribution in [0.5, 0.6) is 5.88 Å². The number of benzene rings is 1. The third-order valence-corrected chi connectivity index (χ3v) is 6.86. The largest absolute Gasteiger partial charge is 0.493 e. The Labute approximate surface area is 204 Å². The van der Waals surface area contributed by atoms with Gasteiger partial charge in [0.2, 0.25) is 17.7 Å². The molecule has 1 atom stereocenters. The molecule has 1 unspecified atom stereocenters. The van der Waals surface area contributed by atoms with Crippen LogP contribution < -0.4 is 10.2 Å². The molecule has 35 heavy (non-hydrogen) atoms. The average Bonchev–Trinajstić information content (AvgIpc) is 3.23. The zero-order chi connectivity index (χ0) is 24.5. The summed E-state index contributed by atoms with van der Waals surface area (Å²) in [5.41, 5.74) is 1.43. The minimum Gasteiger partial charge on any atom is -0.493 e. The monoisotopic (exact) mass is 473 g/mol. The van der Waals surface area contributed by atoms with Gasteiger partial charge in [0.25, 0.3) is 0 Å². The van der Waals surface area contributed by atoms with Gasteiger partial charge in [-0.05, 0) is 24.8 Å². The molecule has 9 heteroatoms. The zero-order valence-corrected chi connectivity index (χ0v) is 20.4. The maximum atomic E-state index is 11.7. The summed E-state index contributed by atoms with van der Waals surface area (Å²) in [6.07, 6.45) is 4.69. The van der Waals surface area contributed by atoms with Crippen molar-refractivity contribution in [1.82, 2.24) is 24.4 Å². The van der Waals surface area contributed by atoms with Crippen LogP contribution in [0.25, 0.3) is 21.7 Å². The van der Waals surface area contributed by atoms with Crippen LogP contribution in [-0.4, -0.2) is 61.6 Å². The Morgan fingerprint density at radius 3 is 2.60 bits per heavy atom. The summed E-state index contributed by atoms with van der Waals surface area (Å²) in [7, 11) is 0. The van der Waals surface area contributed by atoms with Gasteiger partial charge in [0.1, 0.15) is 11.3 Å². The van der Waals surface area contributed by atoms with Crippen molar-refractivity contribution in [1.29, 1.82) is 0 Å². The van der Waals surface area contributed by atoms with Crippen LogP contribution >= 0.6 is 0 Å².